The van der Waals surface area contributed by atoms with Crippen molar-refractivity contribution < 1.29 is 9.15 Å². The number of hydrogen-bond acceptors (Lipinski definition) is 8. The summed E-state index contributed by atoms with van der Waals surface area (Å²) in [4.78, 5) is 17.9. The molecule has 0 radical (unpaired) electrons. The van der Waals surface area contributed by atoms with Crippen LogP contribution < -0.4 is 15.4 Å². The number of benzene rings is 2. The molecule has 0 unspecified atom stereocenters. The number of rotatable bonds is 8. The smallest absolute Gasteiger partial charge is 0.323 e. The zero-order valence-corrected chi connectivity index (χ0v) is 17.6. The van der Waals surface area contributed by atoms with E-state index in [1.165, 1.54) is 5.56 Å². The van der Waals surface area contributed by atoms with Crippen molar-refractivity contribution in [3.05, 3.63) is 83.8 Å². The van der Waals surface area contributed by atoms with E-state index in [1.54, 1.807) is 6.26 Å². The van der Waals surface area contributed by atoms with Crippen LogP contribution in [0, 0.1) is 0 Å². The Balaban J connectivity index is 1.36. The molecular formula is C24H22N6O2. The Morgan fingerprint density at radius 3 is 2.72 bits per heavy atom. The van der Waals surface area contributed by atoms with Crippen LogP contribution in [0.3, 0.4) is 0 Å². The fraction of sp³-hybridized carbons (Fsp3) is 0.167. The highest BCUT2D eigenvalue weighted by Crippen LogP contribution is 2.29. The van der Waals surface area contributed by atoms with Crippen molar-refractivity contribution in [3.63, 3.8) is 0 Å². The zero-order chi connectivity index (χ0) is 21.8. The number of ether oxygens (including phenoxy) is 1. The minimum Gasteiger partial charge on any atom is -0.467 e. The standard InChI is InChI=1S/C24H22N6O2/c1-2-31-24-29-22(25-15-19-10-6-12-32-19)28-23(30-24)26-18-9-5-8-16(13-18)21-14-17-7-3-4-11-20(17)27-21/h3-13H,2,14-15H2,1H3,(H2,25,26,28,29,30). The van der Waals surface area contributed by atoms with Gasteiger partial charge in [-0.05, 0) is 48.4 Å². The second kappa shape index (κ2) is 8.89. The predicted molar refractivity (Wildman–Crippen MR) is 123 cm³/mol. The molecule has 32 heavy (non-hydrogen) atoms. The van der Waals surface area contributed by atoms with Crippen LogP contribution in [0.2, 0.25) is 0 Å². The summed E-state index contributed by atoms with van der Waals surface area (Å²) in [5, 5.41) is 6.40. The Morgan fingerprint density at radius 1 is 0.969 bits per heavy atom. The van der Waals surface area contributed by atoms with Crippen molar-refractivity contribution >= 4 is 29.0 Å². The number of furan rings is 1. The molecule has 2 N–H and O–H groups in total. The van der Waals surface area contributed by atoms with E-state index < -0.39 is 0 Å². The van der Waals surface area contributed by atoms with E-state index in [4.69, 9.17) is 14.1 Å². The molecule has 2 aromatic carbocycles. The van der Waals surface area contributed by atoms with E-state index >= 15 is 0 Å². The summed E-state index contributed by atoms with van der Waals surface area (Å²) in [6.07, 6.45) is 2.45. The highest BCUT2D eigenvalue weighted by molar-refractivity contribution is 6.07. The molecule has 0 atom stereocenters. The third-order valence-electron chi connectivity index (χ3n) is 4.95. The average molecular weight is 426 g/mol. The van der Waals surface area contributed by atoms with Gasteiger partial charge in [-0.15, -0.1) is 0 Å². The first-order valence-electron chi connectivity index (χ1n) is 10.4. The van der Waals surface area contributed by atoms with E-state index in [0.29, 0.717) is 25.0 Å². The van der Waals surface area contributed by atoms with Gasteiger partial charge in [-0.1, -0.05) is 30.3 Å². The molecule has 0 saturated carbocycles. The summed E-state index contributed by atoms with van der Waals surface area (Å²) in [6.45, 7) is 2.80. The summed E-state index contributed by atoms with van der Waals surface area (Å²) < 4.78 is 10.9. The number of anilines is 3. The van der Waals surface area contributed by atoms with Crippen LogP contribution in [0.4, 0.5) is 23.3 Å². The second-order valence-corrected chi connectivity index (χ2v) is 7.20. The molecule has 8 nitrogen and oxygen atoms in total. The minimum atomic E-state index is 0.249. The number of aromatic nitrogens is 3. The highest BCUT2D eigenvalue weighted by Gasteiger charge is 2.16. The largest absolute Gasteiger partial charge is 0.467 e. The molecule has 2 aromatic heterocycles. The van der Waals surface area contributed by atoms with E-state index in [1.807, 2.05) is 55.5 Å². The molecule has 0 fully saturated rings. The SMILES string of the molecule is CCOc1nc(NCc2ccco2)nc(Nc2cccc(C3=Nc4ccccc4C3)c2)n1. The first-order chi connectivity index (χ1) is 15.8. The lowest BCUT2D eigenvalue weighted by atomic mass is 10.0. The topological polar surface area (TPSA) is 97.5 Å². The van der Waals surface area contributed by atoms with Crippen LogP contribution in [-0.2, 0) is 13.0 Å². The molecule has 1 aliphatic rings. The number of fused-ring (bicyclic) bond motifs is 1. The van der Waals surface area contributed by atoms with Gasteiger partial charge in [0, 0.05) is 12.1 Å². The van der Waals surface area contributed by atoms with Crippen LogP contribution in [0.15, 0.2) is 76.3 Å². The van der Waals surface area contributed by atoms with Crippen molar-refractivity contribution in [2.24, 2.45) is 4.99 Å². The summed E-state index contributed by atoms with van der Waals surface area (Å²) in [5.74, 6) is 1.57. The predicted octanol–water partition coefficient (Wildman–Crippen LogP) is 4.90. The van der Waals surface area contributed by atoms with Crippen LogP contribution in [0.1, 0.15) is 23.8 Å². The average Bonchev–Trinajstić information content (AvgIpc) is 3.48. The normalized spacial score (nSPS) is 12.2. The zero-order valence-electron chi connectivity index (χ0n) is 17.6. The first-order valence-corrected chi connectivity index (χ1v) is 10.4. The van der Waals surface area contributed by atoms with Crippen LogP contribution in [-0.4, -0.2) is 27.3 Å². The van der Waals surface area contributed by atoms with Gasteiger partial charge in [0.05, 0.1) is 30.8 Å². The fourth-order valence-electron chi connectivity index (χ4n) is 3.47. The van der Waals surface area contributed by atoms with E-state index in [2.05, 4.69) is 37.7 Å². The Hall–Kier alpha value is -4.20. The molecule has 1 aliphatic heterocycles. The van der Waals surface area contributed by atoms with Crippen LogP contribution in [0.25, 0.3) is 0 Å². The molecule has 8 heteroatoms. The van der Waals surface area contributed by atoms with Crippen molar-refractivity contribution in [2.45, 2.75) is 19.9 Å². The summed E-state index contributed by atoms with van der Waals surface area (Å²) >= 11 is 0. The second-order valence-electron chi connectivity index (χ2n) is 7.20. The van der Waals surface area contributed by atoms with Gasteiger partial charge in [-0.3, -0.25) is 4.99 Å². The van der Waals surface area contributed by atoms with E-state index in [9.17, 15) is 0 Å². The van der Waals surface area contributed by atoms with Gasteiger partial charge in [-0.25, -0.2) is 0 Å². The maximum absolute atomic E-state index is 5.52. The molecule has 0 spiro atoms. The van der Waals surface area contributed by atoms with Gasteiger partial charge < -0.3 is 19.8 Å². The van der Waals surface area contributed by atoms with Gasteiger partial charge in [0.15, 0.2) is 0 Å². The lowest BCUT2D eigenvalue weighted by Gasteiger charge is -2.11. The van der Waals surface area contributed by atoms with Gasteiger partial charge >= 0.3 is 6.01 Å². The third-order valence-corrected chi connectivity index (χ3v) is 4.95. The maximum atomic E-state index is 5.52. The van der Waals surface area contributed by atoms with Crippen molar-refractivity contribution in [1.82, 2.24) is 15.0 Å². The Bertz CT molecular complexity index is 1250. The Kier molecular flexibility index (Phi) is 5.48. The molecular weight excluding hydrogens is 404 g/mol. The molecule has 5 rings (SSSR count). The third kappa shape index (κ3) is 4.44. The molecule has 0 saturated heterocycles. The van der Waals surface area contributed by atoms with Gasteiger partial charge in [0.25, 0.3) is 0 Å². The number of nitrogens with one attached hydrogen (secondary N) is 2. The number of para-hydroxylation sites is 1. The summed E-state index contributed by atoms with van der Waals surface area (Å²) in [5.41, 5.74) is 5.23. The molecule has 4 aromatic rings. The van der Waals surface area contributed by atoms with Crippen LogP contribution >= 0.6 is 0 Å². The Labute approximate surface area is 185 Å². The van der Waals surface area contributed by atoms with E-state index in [0.717, 1.165) is 34.8 Å². The van der Waals surface area contributed by atoms with Gasteiger partial charge in [0.2, 0.25) is 11.9 Å². The van der Waals surface area contributed by atoms with Crippen molar-refractivity contribution in [1.29, 1.82) is 0 Å². The summed E-state index contributed by atoms with van der Waals surface area (Å²) in [6, 6.07) is 20.2. The monoisotopic (exact) mass is 426 g/mol. The number of aliphatic imine (C=N–C) groups is 1. The van der Waals surface area contributed by atoms with E-state index in [-0.39, 0.29) is 6.01 Å². The molecule has 0 bridgehead atoms. The van der Waals surface area contributed by atoms with Crippen LogP contribution in [0.5, 0.6) is 6.01 Å². The Morgan fingerprint density at radius 2 is 1.88 bits per heavy atom. The number of nitrogens with zero attached hydrogens (tertiary/aromatic N) is 4. The van der Waals surface area contributed by atoms with Gasteiger partial charge in [0.1, 0.15) is 5.76 Å². The molecule has 0 aliphatic carbocycles. The molecule has 3 heterocycles. The van der Waals surface area contributed by atoms with Crippen molar-refractivity contribution in [2.75, 3.05) is 17.2 Å². The summed E-state index contributed by atoms with van der Waals surface area (Å²) in [7, 11) is 0. The van der Waals surface area contributed by atoms with Crippen molar-refractivity contribution in [3.8, 4) is 6.01 Å². The highest BCUT2D eigenvalue weighted by atomic mass is 16.5. The first kappa shape index (κ1) is 19.7. The fourth-order valence-corrected chi connectivity index (χ4v) is 3.47. The molecule has 0 amide bonds. The minimum absolute atomic E-state index is 0.249. The maximum Gasteiger partial charge on any atom is 0.323 e. The number of hydrogen-bond donors (Lipinski definition) is 2. The quantitative estimate of drug-likeness (QED) is 0.414. The lowest BCUT2D eigenvalue weighted by Crippen LogP contribution is -2.09. The van der Waals surface area contributed by atoms with Gasteiger partial charge in [-0.2, -0.15) is 15.0 Å². The molecule has 160 valence electrons. The lowest BCUT2D eigenvalue weighted by molar-refractivity contribution is 0.312.